The Kier molecular flexibility index (Phi) is 3.25. The highest BCUT2D eigenvalue weighted by Gasteiger charge is 2.25. The van der Waals surface area contributed by atoms with Gasteiger partial charge in [-0.3, -0.25) is 4.79 Å². The highest BCUT2D eigenvalue weighted by Crippen LogP contribution is 2.30. The summed E-state index contributed by atoms with van der Waals surface area (Å²) in [7, 11) is 0. The van der Waals surface area contributed by atoms with Gasteiger partial charge in [0.15, 0.2) is 0 Å². The summed E-state index contributed by atoms with van der Waals surface area (Å²) >= 11 is 3.44. The van der Waals surface area contributed by atoms with E-state index in [0.717, 1.165) is 21.4 Å². The van der Waals surface area contributed by atoms with Gasteiger partial charge in [-0.1, -0.05) is 46.3 Å². The quantitative estimate of drug-likeness (QED) is 0.891. The molecule has 1 aliphatic heterocycles. The number of hydrogen-bond donors (Lipinski definition) is 2. The molecule has 1 unspecified atom stereocenters. The molecule has 2 N–H and O–H groups in total. The lowest BCUT2D eigenvalue weighted by atomic mass is 10.0. The first-order valence-corrected chi connectivity index (χ1v) is 6.92. The molecule has 0 aliphatic carbocycles. The molecule has 0 spiro atoms. The fourth-order valence-corrected chi connectivity index (χ4v) is 2.57. The Bertz CT molecular complexity index is 613. The maximum Gasteiger partial charge on any atom is 0.247 e. The second kappa shape index (κ2) is 5.05. The Balaban J connectivity index is 1.83. The normalized spacial score (nSPS) is 17.3. The van der Waals surface area contributed by atoms with E-state index in [0.29, 0.717) is 6.42 Å². The molecule has 3 rings (SSSR count). The van der Waals surface area contributed by atoms with Gasteiger partial charge in [0.1, 0.15) is 6.04 Å². The van der Waals surface area contributed by atoms with Crippen molar-refractivity contribution in [1.82, 2.24) is 0 Å². The van der Waals surface area contributed by atoms with Crippen LogP contribution < -0.4 is 10.6 Å². The lowest BCUT2D eigenvalue weighted by molar-refractivity contribution is -0.117. The third-order valence-electron chi connectivity index (χ3n) is 3.17. The van der Waals surface area contributed by atoms with Crippen molar-refractivity contribution in [1.29, 1.82) is 0 Å². The minimum Gasteiger partial charge on any atom is -0.372 e. The van der Waals surface area contributed by atoms with E-state index >= 15 is 0 Å². The maximum absolute atomic E-state index is 12.1. The first kappa shape index (κ1) is 12.2. The molecule has 0 fully saturated rings. The smallest absolute Gasteiger partial charge is 0.247 e. The molecular formula is C15H13BrN2O. The Hall–Kier alpha value is -1.81. The molecule has 2 aromatic carbocycles. The summed E-state index contributed by atoms with van der Waals surface area (Å²) < 4.78 is 0.994. The number of amides is 1. The van der Waals surface area contributed by atoms with E-state index in [2.05, 4.69) is 26.6 Å². The summed E-state index contributed by atoms with van der Waals surface area (Å²) in [6, 6.07) is 15.6. The fraction of sp³-hybridized carbons (Fsp3) is 0.133. The second-order valence-corrected chi connectivity index (χ2v) is 5.48. The number of halogens is 1. The number of carbonyl (C=O) groups is 1. The van der Waals surface area contributed by atoms with Gasteiger partial charge in [0.2, 0.25) is 5.91 Å². The SMILES string of the molecule is O=C1Nc2ccc(Br)cc2NC1Cc1ccccc1. The zero-order valence-corrected chi connectivity index (χ0v) is 11.8. The van der Waals surface area contributed by atoms with E-state index in [4.69, 9.17) is 0 Å². The van der Waals surface area contributed by atoms with E-state index in [1.165, 1.54) is 0 Å². The van der Waals surface area contributed by atoms with Crippen LogP contribution in [-0.4, -0.2) is 11.9 Å². The molecule has 4 heteroatoms. The van der Waals surface area contributed by atoms with Crippen molar-refractivity contribution in [3.8, 4) is 0 Å². The average molecular weight is 317 g/mol. The van der Waals surface area contributed by atoms with Gasteiger partial charge in [-0.15, -0.1) is 0 Å². The molecule has 1 amide bonds. The van der Waals surface area contributed by atoms with Crippen LogP contribution in [-0.2, 0) is 11.2 Å². The maximum atomic E-state index is 12.1. The van der Waals surface area contributed by atoms with Crippen LogP contribution in [0.4, 0.5) is 11.4 Å². The minimum atomic E-state index is -0.232. The highest BCUT2D eigenvalue weighted by molar-refractivity contribution is 9.10. The van der Waals surface area contributed by atoms with Crippen LogP contribution in [0.1, 0.15) is 5.56 Å². The van der Waals surface area contributed by atoms with Crippen molar-refractivity contribution in [3.63, 3.8) is 0 Å². The monoisotopic (exact) mass is 316 g/mol. The predicted molar refractivity (Wildman–Crippen MR) is 80.3 cm³/mol. The molecule has 0 saturated heterocycles. The summed E-state index contributed by atoms with van der Waals surface area (Å²) in [5.41, 5.74) is 2.93. The van der Waals surface area contributed by atoms with Crippen LogP contribution in [0.25, 0.3) is 0 Å². The number of nitrogens with one attached hydrogen (secondary N) is 2. The Morgan fingerprint density at radius 2 is 1.84 bits per heavy atom. The van der Waals surface area contributed by atoms with Gasteiger partial charge in [-0.2, -0.15) is 0 Å². The van der Waals surface area contributed by atoms with Gasteiger partial charge in [-0.05, 0) is 23.8 Å². The third kappa shape index (κ3) is 2.63. The van der Waals surface area contributed by atoms with Crippen LogP contribution in [0.15, 0.2) is 53.0 Å². The minimum absolute atomic E-state index is 0.0127. The first-order chi connectivity index (χ1) is 9.22. The molecule has 2 aromatic rings. The molecule has 1 aliphatic rings. The van der Waals surface area contributed by atoms with Gasteiger partial charge in [-0.25, -0.2) is 0 Å². The fourth-order valence-electron chi connectivity index (χ4n) is 2.21. The van der Waals surface area contributed by atoms with Crippen LogP contribution in [0.3, 0.4) is 0 Å². The summed E-state index contributed by atoms with van der Waals surface area (Å²) in [6.45, 7) is 0. The number of carbonyl (C=O) groups excluding carboxylic acids is 1. The van der Waals surface area contributed by atoms with E-state index in [9.17, 15) is 4.79 Å². The van der Waals surface area contributed by atoms with Gasteiger partial charge in [0, 0.05) is 10.9 Å². The molecule has 96 valence electrons. The van der Waals surface area contributed by atoms with Crippen molar-refractivity contribution in [3.05, 3.63) is 58.6 Å². The van der Waals surface area contributed by atoms with Gasteiger partial charge in [0.05, 0.1) is 11.4 Å². The summed E-state index contributed by atoms with van der Waals surface area (Å²) in [6.07, 6.45) is 0.679. The van der Waals surface area contributed by atoms with E-state index in [1.54, 1.807) is 0 Å². The van der Waals surface area contributed by atoms with E-state index < -0.39 is 0 Å². The molecule has 1 heterocycles. The summed E-state index contributed by atoms with van der Waals surface area (Å²) in [5.74, 6) is 0.0127. The third-order valence-corrected chi connectivity index (χ3v) is 3.66. The topological polar surface area (TPSA) is 41.1 Å². The predicted octanol–water partition coefficient (Wildman–Crippen LogP) is 3.42. The van der Waals surface area contributed by atoms with Crippen LogP contribution in [0.2, 0.25) is 0 Å². The van der Waals surface area contributed by atoms with Crippen molar-refractivity contribution in [2.24, 2.45) is 0 Å². The van der Waals surface area contributed by atoms with Gasteiger partial charge >= 0.3 is 0 Å². The molecule has 19 heavy (non-hydrogen) atoms. The lowest BCUT2D eigenvalue weighted by Gasteiger charge is -2.27. The molecule has 0 bridgehead atoms. The van der Waals surface area contributed by atoms with Crippen LogP contribution in [0.5, 0.6) is 0 Å². The van der Waals surface area contributed by atoms with Gasteiger partial charge < -0.3 is 10.6 Å². The molecule has 0 radical (unpaired) electrons. The number of benzene rings is 2. The Labute approximate surface area is 120 Å². The average Bonchev–Trinajstić information content (AvgIpc) is 2.41. The van der Waals surface area contributed by atoms with Crippen molar-refractivity contribution in [2.45, 2.75) is 12.5 Å². The standard InChI is InChI=1S/C15H13BrN2O/c16-11-6-7-12-13(9-11)17-14(15(19)18-12)8-10-4-2-1-3-5-10/h1-7,9,14,17H,8H2,(H,18,19). The first-order valence-electron chi connectivity index (χ1n) is 6.13. The van der Waals surface area contributed by atoms with Crippen LogP contribution in [0, 0.1) is 0 Å². The summed E-state index contributed by atoms with van der Waals surface area (Å²) in [4.78, 5) is 12.1. The zero-order chi connectivity index (χ0) is 13.2. The van der Waals surface area contributed by atoms with Crippen LogP contribution >= 0.6 is 15.9 Å². The molecule has 0 aromatic heterocycles. The Morgan fingerprint density at radius 3 is 2.63 bits per heavy atom. The second-order valence-electron chi connectivity index (χ2n) is 4.57. The molecular weight excluding hydrogens is 304 g/mol. The lowest BCUT2D eigenvalue weighted by Crippen LogP contribution is -2.40. The van der Waals surface area contributed by atoms with Gasteiger partial charge in [0.25, 0.3) is 0 Å². The van der Waals surface area contributed by atoms with Crippen molar-refractivity contribution >= 4 is 33.2 Å². The van der Waals surface area contributed by atoms with Crippen molar-refractivity contribution < 1.29 is 4.79 Å². The molecule has 3 nitrogen and oxygen atoms in total. The summed E-state index contributed by atoms with van der Waals surface area (Å²) in [5, 5.41) is 6.23. The molecule has 0 saturated carbocycles. The number of hydrogen-bond acceptors (Lipinski definition) is 2. The van der Waals surface area contributed by atoms with E-state index in [1.807, 2.05) is 48.5 Å². The number of rotatable bonds is 2. The zero-order valence-electron chi connectivity index (χ0n) is 10.2. The molecule has 1 atom stereocenters. The van der Waals surface area contributed by atoms with E-state index in [-0.39, 0.29) is 11.9 Å². The number of anilines is 2. The van der Waals surface area contributed by atoms with Crippen molar-refractivity contribution in [2.75, 3.05) is 10.6 Å². The highest BCUT2D eigenvalue weighted by atomic mass is 79.9. The number of fused-ring (bicyclic) bond motifs is 1. The Morgan fingerprint density at radius 1 is 1.05 bits per heavy atom. The largest absolute Gasteiger partial charge is 0.372 e.